The van der Waals surface area contributed by atoms with Crippen molar-refractivity contribution in [3.8, 4) is 17.2 Å². The molecule has 8 heteroatoms. The second-order valence-electron chi connectivity index (χ2n) is 5.63. The summed E-state index contributed by atoms with van der Waals surface area (Å²) in [6.45, 7) is 2.03. The number of anilines is 1. The van der Waals surface area contributed by atoms with Crippen LogP contribution in [0, 0.1) is 0 Å². The fraction of sp³-hybridized carbons (Fsp3) is 0.250. The third kappa shape index (κ3) is 5.00. The van der Waals surface area contributed by atoms with Crippen molar-refractivity contribution < 1.29 is 23.8 Å². The van der Waals surface area contributed by atoms with Gasteiger partial charge in [0.2, 0.25) is 5.75 Å². The highest BCUT2D eigenvalue weighted by Gasteiger charge is 2.16. The van der Waals surface area contributed by atoms with Crippen molar-refractivity contribution in [2.45, 2.75) is 13.3 Å². The molecule has 0 saturated heterocycles. The highest BCUT2D eigenvalue weighted by atomic mass is 16.5. The quantitative estimate of drug-likeness (QED) is 0.433. The van der Waals surface area contributed by atoms with Gasteiger partial charge in [-0.05, 0) is 36.2 Å². The van der Waals surface area contributed by atoms with Crippen molar-refractivity contribution >= 4 is 23.7 Å². The molecule has 28 heavy (non-hydrogen) atoms. The first-order valence-corrected chi connectivity index (χ1v) is 8.56. The molecule has 2 rings (SSSR count). The van der Waals surface area contributed by atoms with Crippen LogP contribution < -0.4 is 25.0 Å². The van der Waals surface area contributed by atoms with Crippen molar-refractivity contribution in [3.63, 3.8) is 0 Å². The van der Waals surface area contributed by atoms with Gasteiger partial charge in [0.25, 0.3) is 0 Å². The van der Waals surface area contributed by atoms with Gasteiger partial charge in [-0.2, -0.15) is 5.10 Å². The minimum Gasteiger partial charge on any atom is -0.493 e. The topological polar surface area (TPSA) is 98.3 Å². The summed E-state index contributed by atoms with van der Waals surface area (Å²) >= 11 is 0. The molecule has 2 N–H and O–H groups in total. The summed E-state index contributed by atoms with van der Waals surface area (Å²) in [6, 6.07) is 10.6. The molecule has 148 valence electrons. The number of hydrogen-bond acceptors (Lipinski definition) is 6. The van der Waals surface area contributed by atoms with Crippen LogP contribution in [-0.4, -0.2) is 39.4 Å². The van der Waals surface area contributed by atoms with Crippen LogP contribution in [0.2, 0.25) is 0 Å². The van der Waals surface area contributed by atoms with Crippen molar-refractivity contribution in [2.24, 2.45) is 5.10 Å². The molecule has 0 radical (unpaired) electrons. The zero-order valence-corrected chi connectivity index (χ0v) is 16.2. The Balaban J connectivity index is 2.03. The smallest absolute Gasteiger partial charge is 0.329 e. The highest BCUT2D eigenvalue weighted by Crippen LogP contribution is 2.38. The zero-order chi connectivity index (χ0) is 20.5. The van der Waals surface area contributed by atoms with E-state index in [-0.39, 0.29) is 0 Å². The van der Waals surface area contributed by atoms with Gasteiger partial charge in [-0.3, -0.25) is 9.59 Å². The Morgan fingerprint density at radius 3 is 2.18 bits per heavy atom. The SMILES string of the molecule is CCc1ccc(NC(=O)C(=O)NN=Cc2ccc(OC)c(OC)c2OC)cc1. The summed E-state index contributed by atoms with van der Waals surface area (Å²) < 4.78 is 15.8. The number of ether oxygens (including phenoxy) is 3. The number of aryl methyl sites for hydroxylation is 1. The van der Waals surface area contributed by atoms with E-state index < -0.39 is 11.8 Å². The molecule has 0 aliphatic rings. The number of amides is 2. The number of nitrogens with one attached hydrogen (secondary N) is 2. The predicted molar refractivity (Wildman–Crippen MR) is 106 cm³/mol. The first-order valence-electron chi connectivity index (χ1n) is 8.56. The Morgan fingerprint density at radius 2 is 1.61 bits per heavy atom. The lowest BCUT2D eigenvalue weighted by molar-refractivity contribution is -0.136. The molecule has 0 atom stereocenters. The van der Waals surface area contributed by atoms with E-state index >= 15 is 0 Å². The van der Waals surface area contributed by atoms with Crippen molar-refractivity contribution in [1.82, 2.24) is 5.43 Å². The fourth-order valence-corrected chi connectivity index (χ4v) is 2.45. The van der Waals surface area contributed by atoms with Crippen LogP contribution in [0.25, 0.3) is 0 Å². The van der Waals surface area contributed by atoms with Crippen molar-refractivity contribution in [1.29, 1.82) is 0 Å². The lowest BCUT2D eigenvalue weighted by Gasteiger charge is -2.13. The van der Waals surface area contributed by atoms with Crippen LogP contribution >= 0.6 is 0 Å². The summed E-state index contributed by atoms with van der Waals surface area (Å²) in [4.78, 5) is 23.9. The minimum absolute atomic E-state index is 0.389. The van der Waals surface area contributed by atoms with E-state index in [1.165, 1.54) is 27.5 Å². The van der Waals surface area contributed by atoms with Gasteiger partial charge in [-0.15, -0.1) is 0 Å². The molecule has 0 saturated carbocycles. The van der Waals surface area contributed by atoms with Gasteiger partial charge in [-0.25, -0.2) is 5.43 Å². The van der Waals surface area contributed by atoms with Crippen LogP contribution in [0.1, 0.15) is 18.1 Å². The zero-order valence-electron chi connectivity index (χ0n) is 16.2. The largest absolute Gasteiger partial charge is 0.493 e. The molecule has 0 unspecified atom stereocenters. The Bertz CT molecular complexity index is 863. The van der Waals surface area contributed by atoms with E-state index in [1.54, 1.807) is 24.3 Å². The van der Waals surface area contributed by atoms with E-state index in [0.29, 0.717) is 28.5 Å². The standard InChI is InChI=1S/C20H23N3O5/c1-5-13-6-9-15(10-7-13)22-19(24)20(25)23-21-12-14-8-11-16(26-2)18(28-4)17(14)27-3/h6-12H,5H2,1-4H3,(H,22,24)(H,23,25). The maximum atomic E-state index is 12.0. The lowest BCUT2D eigenvalue weighted by Crippen LogP contribution is -2.32. The van der Waals surface area contributed by atoms with Crippen LogP contribution in [0.3, 0.4) is 0 Å². The molecule has 0 heterocycles. The van der Waals surface area contributed by atoms with Gasteiger partial charge in [-0.1, -0.05) is 19.1 Å². The van der Waals surface area contributed by atoms with Crippen LogP contribution in [0.15, 0.2) is 41.5 Å². The fourth-order valence-electron chi connectivity index (χ4n) is 2.45. The van der Waals surface area contributed by atoms with Gasteiger partial charge in [0.15, 0.2) is 11.5 Å². The summed E-state index contributed by atoms with van der Waals surface area (Å²) in [5.74, 6) is -0.432. The van der Waals surface area contributed by atoms with Gasteiger partial charge in [0.05, 0.1) is 27.5 Å². The Kier molecular flexibility index (Phi) is 7.38. The number of methoxy groups -OCH3 is 3. The van der Waals surface area contributed by atoms with Gasteiger partial charge < -0.3 is 19.5 Å². The number of carbonyl (C=O) groups is 2. The molecule has 0 spiro atoms. The van der Waals surface area contributed by atoms with Crippen molar-refractivity contribution in [2.75, 3.05) is 26.6 Å². The first-order chi connectivity index (χ1) is 13.5. The van der Waals surface area contributed by atoms with Gasteiger partial charge in [0, 0.05) is 11.3 Å². The molecule has 8 nitrogen and oxygen atoms in total. The third-order valence-corrected chi connectivity index (χ3v) is 3.93. The summed E-state index contributed by atoms with van der Waals surface area (Å²) in [7, 11) is 4.48. The predicted octanol–water partition coefficient (Wildman–Crippen LogP) is 2.36. The maximum absolute atomic E-state index is 12.0. The summed E-state index contributed by atoms with van der Waals surface area (Å²) in [6.07, 6.45) is 2.24. The number of nitrogens with zero attached hydrogens (tertiary/aromatic N) is 1. The van der Waals surface area contributed by atoms with Crippen LogP contribution in [0.5, 0.6) is 17.2 Å². The number of hydrogen-bond donors (Lipinski definition) is 2. The second-order valence-corrected chi connectivity index (χ2v) is 5.63. The van der Waals surface area contributed by atoms with E-state index in [0.717, 1.165) is 12.0 Å². The Morgan fingerprint density at radius 1 is 0.929 bits per heavy atom. The average Bonchev–Trinajstić information content (AvgIpc) is 2.73. The highest BCUT2D eigenvalue weighted by molar-refractivity contribution is 6.39. The number of rotatable bonds is 7. The molecule has 0 aliphatic carbocycles. The van der Waals surface area contributed by atoms with Crippen molar-refractivity contribution in [3.05, 3.63) is 47.5 Å². The minimum atomic E-state index is -0.893. The van der Waals surface area contributed by atoms with E-state index in [2.05, 4.69) is 15.8 Å². The normalized spacial score (nSPS) is 10.4. The summed E-state index contributed by atoms with van der Waals surface area (Å²) in [5, 5.41) is 6.32. The number of benzene rings is 2. The van der Waals surface area contributed by atoms with Gasteiger partial charge >= 0.3 is 11.8 Å². The van der Waals surface area contributed by atoms with E-state index in [4.69, 9.17) is 14.2 Å². The van der Waals surface area contributed by atoms with Crippen LogP contribution in [-0.2, 0) is 16.0 Å². The van der Waals surface area contributed by atoms with Crippen LogP contribution in [0.4, 0.5) is 5.69 Å². The summed E-state index contributed by atoms with van der Waals surface area (Å²) in [5.41, 5.74) is 4.39. The molecule has 2 aromatic carbocycles. The Labute approximate surface area is 163 Å². The maximum Gasteiger partial charge on any atom is 0.329 e. The van der Waals surface area contributed by atoms with E-state index in [1.807, 2.05) is 19.1 Å². The molecule has 0 aromatic heterocycles. The molecule has 2 amide bonds. The van der Waals surface area contributed by atoms with Gasteiger partial charge in [0.1, 0.15) is 0 Å². The first kappa shape index (κ1) is 20.8. The lowest BCUT2D eigenvalue weighted by atomic mass is 10.1. The Hall–Kier alpha value is -3.55. The molecule has 0 aliphatic heterocycles. The number of hydrazone groups is 1. The molecule has 0 fully saturated rings. The molecule has 2 aromatic rings. The monoisotopic (exact) mass is 385 g/mol. The molecular weight excluding hydrogens is 362 g/mol. The van der Waals surface area contributed by atoms with E-state index in [9.17, 15) is 9.59 Å². The molecule has 0 bridgehead atoms. The third-order valence-electron chi connectivity index (χ3n) is 3.93. The second kappa shape index (κ2) is 9.96. The number of carbonyl (C=O) groups excluding carboxylic acids is 2. The average molecular weight is 385 g/mol. The molecular formula is C20H23N3O5.